The van der Waals surface area contributed by atoms with E-state index < -0.39 is 5.97 Å². The minimum absolute atomic E-state index is 0.130. The van der Waals surface area contributed by atoms with Crippen molar-refractivity contribution >= 4 is 34.1 Å². The Balaban J connectivity index is 3.32. The van der Waals surface area contributed by atoms with E-state index in [0.29, 0.717) is 41.4 Å². The average molecular weight is 368 g/mol. The number of carbonyl (C=O) groups excluding carboxylic acids is 3. The maximum atomic E-state index is 12.7. The van der Waals surface area contributed by atoms with Crippen LogP contribution < -0.4 is 5.32 Å². The van der Waals surface area contributed by atoms with Crippen molar-refractivity contribution in [3.8, 4) is 0 Å². The van der Waals surface area contributed by atoms with E-state index in [0.717, 1.165) is 11.3 Å². The third kappa shape index (κ3) is 4.60. The molecule has 1 N–H and O–H groups in total. The molecule has 0 saturated carbocycles. The second kappa shape index (κ2) is 9.56. The lowest BCUT2D eigenvalue weighted by atomic mass is 10.0. The first-order valence-corrected chi connectivity index (χ1v) is 9.49. The Kier molecular flexibility index (Phi) is 8.09. The van der Waals surface area contributed by atoms with Gasteiger partial charge in [-0.05, 0) is 39.2 Å². The van der Waals surface area contributed by atoms with E-state index in [1.165, 1.54) is 7.11 Å². The summed E-state index contributed by atoms with van der Waals surface area (Å²) in [4.78, 5) is 39.5. The first kappa shape index (κ1) is 21.2. The van der Waals surface area contributed by atoms with Crippen molar-refractivity contribution in [2.24, 2.45) is 5.92 Å². The largest absolute Gasteiger partial charge is 0.465 e. The van der Waals surface area contributed by atoms with Gasteiger partial charge in [-0.25, -0.2) is 4.79 Å². The van der Waals surface area contributed by atoms with Gasteiger partial charge in [0.15, 0.2) is 0 Å². The summed E-state index contributed by atoms with van der Waals surface area (Å²) in [5.41, 5.74) is 0.816. The minimum Gasteiger partial charge on any atom is -0.465 e. The monoisotopic (exact) mass is 368 g/mol. The average Bonchev–Trinajstić information content (AvgIpc) is 2.92. The molecule has 0 saturated heterocycles. The Labute approximate surface area is 153 Å². The molecule has 6 nitrogen and oxygen atoms in total. The van der Waals surface area contributed by atoms with Gasteiger partial charge in [-0.15, -0.1) is 11.3 Å². The molecular formula is C18H28N2O4S. The zero-order chi connectivity index (χ0) is 19.1. The Morgan fingerprint density at radius 1 is 1.12 bits per heavy atom. The van der Waals surface area contributed by atoms with E-state index in [2.05, 4.69) is 5.32 Å². The molecule has 1 aromatic heterocycles. The van der Waals surface area contributed by atoms with Crippen molar-refractivity contribution in [1.82, 2.24) is 4.90 Å². The van der Waals surface area contributed by atoms with E-state index in [-0.39, 0.29) is 23.3 Å². The summed E-state index contributed by atoms with van der Waals surface area (Å²) in [6.07, 6.45) is 1.43. The number of nitrogens with zero attached hydrogens (tertiary/aromatic N) is 1. The van der Waals surface area contributed by atoms with Gasteiger partial charge in [-0.3, -0.25) is 9.59 Å². The minimum atomic E-state index is -0.549. The van der Waals surface area contributed by atoms with Crippen molar-refractivity contribution in [2.45, 2.75) is 47.5 Å². The van der Waals surface area contributed by atoms with Gasteiger partial charge in [0.1, 0.15) is 5.00 Å². The molecule has 0 aliphatic heterocycles. The molecule has 0 fully saturated rings. The number of hydrogen-bond donors (Lipinski definition) is 1. The van der Waals surface area contributed by atoms with Crippen LogP contribution in [0.3, 0.4) is 0 Å². The number of carbonyl (C=O) groups is 3. The number of thiophene rings is 1. The molecule has 0 radical (unpaired) electrons. The molecule has 0 bridgehead atoms. The molecule has 0 unspecified atom stereocenters. The van der Waals surface area contributed by atoms with Gasteiger partial charge in [-0.2, -0.15) is 0 Å². The van der Waals surface area contributed by atoms with Gasteiger partial charge in [0.05, 0.1) is 17.6 Å². The van der Waals surface area contributed by atoms with E-state index in [9.17, 15) is 14.4 Å². The van der Waals surface area contributed by atoms with Crippen molar-refractivity contribution in [3.63, 3.8) is 0 Å². The van der Waals surface area contributed by atoms with Gasteiger partial charge in [-0.1, -0.05) is 13.8 Å². The highest BCUT2D eigenvalue weighted by Crippen LogP contribution is 2.35. The van der Waals surface area contributed by atoms with Crippen LogP contribution in [0.5, 0.6) is 0 Å². The molecule has 7 heteroatoms. The predicted octanol–water partition coefficient (Wildman–Crippen LogP) is 3.70. The van der Waals surface area contributed by atoms with Gasteiger partial charge in [0.25, 0.3) is 5.91 Å². The third-order valence-electron chi connectivity index (χ3n) is 4.37. The van der Waals surface area contributed by atoms with Gasteiger partial charge >= 0.3 is 5.97 Å². The smallest absolute Gasteiger partial charge is 0.341 e. The van der Waals surface area contributed by atoms with Crippen LogP contribution in [-0.2, 0) is 9.53 Å². The fourth-order valence-corrected chi connectivity index (χ4v) is 3.85. The number of amides is 2. The van der Waals surface area contributed by atoms with Crippen LogP contribution in [0.4, 0.5) is 5.00 Å². The number of ether oxygens (including phenoxy) is 1. The van der Waals surface area contributed by atoms with Crippen LogP contribution in [0.15, 0.2) is 0 Å². The van der Waals surface area contributed by atoms with Crippen LogP contribution in [0.2, 0.25) is 0 Å². The number of methoxy groups -OCH3 is 1. The molecule has 0 aliphatic carbocycles. The Bertz CT molecular complexity index is 631. The quantitative estimate of drug-likeness (QED) is 0.710. The molecule has 0 spiro atoms. The summed E-state index contributed by atoms with van der Waals surface area (Å²) < 4.78 is 4.85. The molecule has 140 valence electrons. The lowest BCUT2D eigenvalue weighted by Gasteiger charge is -2.18. The maximum absolute atomic E-state index is 12.7. The fourth-order valence-electron chi connectivity index (χ4n) is 2.68. The zero-order valence-electron chi connectivity index (χ0n) is 15.9. The molecular weight excluding hydrogens is 340 g/mol. The highest BCUT2D eigenvalue weighted by atomic mass is 32.1. The number of anilines is 1. The SMILES string of the molecule is CCC(CC)C(=O)Nc1sc(C(=O)N(CC)CC)c(C)c1C(=O)OC. The Morgan fingerprint density at radius 3 is 2.12 bits per heavy atom. The van der Waals surface area contributed by atoms with Crippen LogP contribution in [-0.4, -0.2) is 42.9 Å². The maximum Gasteiger partial charge on any atom is 0.341 e. The normalized spacial score (nSPS) is 10.7. The molecule has 25 heavy (non-hydrogen) atoms. The third-order valence-corrected chi connectivity index (χ3v) is 5.57. The zero-order valence-corrected chi connectivity index (χ0v) is 16.7. The van der Waals surface area contributed by atoms with Gasteiger partial charge < -0.3 is 15.0 Å². The number of hydrogen-bond acceptors (Lipinski definition) is 5. The summed E-state index contributed by atoms with van der Waals surface area (Å²) in [6.45, 7) is 10.6. The van der Waals surface area contributed by atoms with Crippen LogP contribution in [0, 0.1) is 12.8 Å². The highest BCUT2D eigenvalue weighted by Gasteiger charge is 2.28. The number of nitrogens with one attached hydrogen (secondary N) is 1. The number of rotatable bonds is 8. The first-order valence-electron chi connectivity index (χ1n) is 8.67. The standard InChI is InChI=1S/C18H28N2O4S/c1-7-12(8-2)15(21)19-16-13(18(23)24-6)11(5)14(25-16)17(22)20(9-3)10-4/h12H,7-10H2,1-6H3,(H,19,21). The van der Waals surface area contributed by atoms with E-state index >= 15 is 0 Å². The summed E-state index contributed by atoms with van der Waals surface area (Å²) in [6, 6.07) is 0. The number of esters is 1. The molecule has 0 atom stereocenters. The lowest BCUT2D eigenvalue weighted by molar-refractivity contribution is -0.120. The summed E-state index contributed by atoms with van der Waals surface area (Å²) in [7, 11) is 1.29. The molecule has 1 heterocycles. The fraction of sp³-hybridized carbons (Fsp3) is 0.611. The Morgan fingerprint density at radius 2 is 1.68 bits per heavy atom. The summed E-state index contributed by atoms with van der Waals surface area (Å²) in [5, 5.41) is 3.21. The van der Waals surface area contributed by atoms with Crippen molar-refractivity contribution in [1.29, 1.82) is 0 Å². The van der Waals surface area contributed by atoms with E-state index in [1.807, 2.05) is 27.7 Å². The molecule has 1 aromatic rings. The van der Waals surface area contributed by atoms with E-state index in [4.69, 9.17) is 4.74 Å². The van der Waals surface area contributed by atoms with Crippen LogP contribution in [0.1, 0.15) is 66.1 Å². The topological polar surface area (TPSA) is 75.7 Å². The van der Waals surface area contributed by atoms with Crippen LogP contribution in [0.25, 0.3) is 0 Å². The van der Waals surface area contributed by atoms with Crippen molar-refractivity contribution < 1.29 is 19.1 Å². The van der Waals surface area contributed by atoms with Gasteiger partial charge in [0.2, 0.25) is 5.91 Å². The second-order valence-corrected chi connectivity index (χ2v) is 6.75. The Hall–Kier alpha value is -1.89. The highest BCUT2D eigenvalue weighted by molar-refractivity contribution is 7.18. The van der Waals surface area contributed by atoms with Crippen molar-refractivity contribution in [2.75, 3.05) is 25.5 Å². The molecule has 0 aromatic carbocycles. The predicted molar refractivity (Wildman–Crippen MR) is 100 cm³/mol. The lowest BCUT2D eigenvalue weighted by Crippen LogP contribution is -2.30. The van der Waals surface area contributed by atoms with Crippen LogP contribution >= 0.6 is 11.3 Å². The molecule has 1 rings (SSSR count). The molecule has 2 amide bonds. The summed E-state index contributed by atoms with van der Waals surface area (Å²) >= 11 is 1.14. The first-order chi connectivity index (χ1) is 11.9. The molecule has 0 aliphatic rings. The van der Waals surface area contributed by atoms with Gasteiger partial charge in [0, 0.05) is 19.0 Å². The van der Waals surface area contributed by atoms with Crippen molar-refractivity contribution in [3.05, 3.63) is 16.0 Å². The summed E-state index contributed by atoms with van der Waals surface area (Å²) in [5.74, 6) is -0.957. The second-order valence-electron chi connectivity index (χ2n) is 5.73. The van der Waals surface area contributed by atoms with E-state index in [1.54, 1.807) is 11.8 Å².